The van der Waals surface area contributed by atoms with Crippen molar-refractivity contribution in [1.29, 1.82) is 0 Å². The molecule has 1 aromatic rings. The molecule has 0 radical (unpaired) electrons. The second-order valence-electron chi connectivity index (χ2n) is 5.14. The van der Waals surface area contributed by atoms with Crippen LogP contribution >= 0.6 is 0 Å². The zero-order valence-corrected chi connectivity index (χ0v) is 11.9. The Morgan fingerprint density at radius 1 is 1.14 bits per heavy atom. The van der Waals surface area contributed by atoms with Gasteiger partial charge in [-0.05, 0) is 50.2 Å². The highest BCUT2D eigenvalue weighted by atomic mass is 19.3. The van der Waals surface area contributed by atoms with Crippen LogP contribution in [-0.2, 0) is 4.79 Å². The first-order chi connectivity index (χ1) is 10.1. The third-order valence-corrected chi connectivity index (χ3v) is 3.43. The highest BCUT2D eigenvalue weighted by molar-refractivity contribution is 5.92. The fourth-order valence-corrected chi connectivity index (χ4v) is 2.42. The van der Waals surface area contributed by atoms with Gasteiger partial charge in [0.2, 0.25) is 5.91 Å². The van der Waals surface area contributed by atoms with E-state index in [4.69, 9.17) is 0 Å². The van der Waals surface area contributed by atoms with Crippen molar-refractivity contribution in [2.75, 3.05) is 25.0 Å². The SMILES string of the molecule is O=C(CN1CCCCCC1)Nc1ccc(OC(F)F)cc1. The Bertz CT molecular complexity index is 443. The van der Waals surface area contributed by atoms with Crippen LogP contribution in [0.5, 0.6) is 5.75 Å². The van der Waals surface area contributed by atoms with Crippen molar-refractivity contribution in [3.05, 3.63) is 24.3 Å². The molecule has 1 saturated heterocycles. The predicted molar refractivity (Wildman–Crippen MR) is 76.6 cm³/mol. The lowest BCUT2D eigenvalue weighted by atomic mass is 10.2. The molecule has 1 aromatic carbocycles. The third kappa shape index (κ3) is 5.67. The van der Waals surface area contributed by atoms with Crippen molar-refractivity contribution < 1.29 is 18.3 Å². The summed E-state index contributed by atoms with van der Waals surface area (Å²) >= 11 is 0. The van der Waals surface area contributed by atoms with Gasteiger partial charge in [-0.3, -0.25) is 9.69 Å². The van der Waals surface area contributed by atoms with Gasteiger partial charge in [0.15, 0.2) is 0 Å². The number of benzene rings is 1. The normalized spacial score (nSPS) is 16.5. The quantitative estimate of drug-likeness (QED) is 0.908. The summed E-state index contributed by atoms with van der Waals surface area (Å²) in [6.07, 6.45) is 4.72. The number of alkyl halides is 2. The van der Waals surface area contributed by atoms with Gasteiger partial charge in [-0.1, -0.05) is 12.8 Å². The summed E-state index contributed by atoms with van der Waals surface area (Å²) in [5.41, 5.74) is 0.580. The number of ether oxygens (including phenoxy) is 1. The average Bonchev–Trinajstić information content (AvgIpc) is 2.69. The van der Waals surface area contributed by atoms with Gasteiger partial charge in [0.25, 0.3) is 0 Å². The molecule has 0 atom stereocenters. The zero-order valence-electron chi connectivity index (χ0n) is 11.9. The van der Waals surface area contributed by atoms with E-state index in [-0.39, 0.29) is 11.7 Å². The van der Waals surface area contributed by atoms with Gasteiger partial charge in [-0.25, -0.2) is 0 Å². The highest BCUT2D eigenvalue weighted by Crippen LogP contribution is 2.17. The molecule has 0 bridgehead atoms. The monoisotopic (exact) mass is 298 g/mol. The summed E-state index contributed by atoms with van der Waals surface area (Å²) in [7, 11) is 0. The molecule has 1 fully saturated rings. The van der Waals surface area contributed by atoms with Crippen LogP contribution in [0, 0.1) is 0 Å². The summed E-state index contributed by atoms with van der Waals surface area (Å²) in [6, 6.07) is 5.93. The van der Waals surface area contributed by atoms with Gasteiger partial charge < -0.3 is 10.1 Å². The number of halogens is 2. The van der Waals surface area contributed by atoms with Crippen LogP contribution in [0.2, 0.25) is 0 Å². The fraction of sp³-hybridized carbons (Fsp3) is 0.533. The molecule has 0 saturated carbocycles. The molecule has 1 aliphatic heterocycles. The Kier molecular flexibility index (Phi) is 5.92. The van der Waals surface area contributed by atoms with Gasteiger partial charge in [0.05, 0.1) is 6.54 Å². The van der Waals surface area contributed by atoms with Crippen LogP contribution in [-0.4, -0.2) is 37.1 Å². The van der Waals surface area contributed by atoms with Crippen LogP contribution in [0.4, 0.5) is 14.5 Å². The van der Waals surface area contributed by atoms with Crippen molar-refractivity contribution in [2.45, 2.75) is 32.3 Å². The van der Waals surface area contributed by atoms with Gasteiger partial charge in [0.1, 0.15) is 5.75 Å². The second-order valence-corrected chi connectivity index (χ2v) is 5.14. The number of rotatable bonds is 5. The highest BCUT2D eigenvalue weighted by Gasteiger charge is 2.13. The van der Waals surface area contributed by atoms with E-state index in [1.807, 2.05) is 0 Å². The summed E-state index contributed by atoms with van der Waals surface area (Å²) < 4.78 is 28.3. The van der Waals surface area contributed by atoms with Gasteiger partial charge in [-0.2, -0.15) is 8.78 Å². The van der Waals surface area contributed by atoms with Gasteiger partial charge >= 0.3 is 6.61 Å². The molecule has 1 N–H and O–H groups in total. The van der Waals surface area contributed by atoms with Crippen LogP contribution in [0.3, 0.4) is 0 Å². The Morgan fingerprint density at radius 2 is 1.76 bits per heavy atom. The molecule has 1 aliphatic rings. The van der Waals surface area contributed by atoms with Crippen molar-refractivity contribution in [3.63, 3.8) is 0 Å². The van der Waals surface area contributed by atoms with E-state index in [1.165, 1.54) is 25.0 Å². The summed E-state index contributed by atoms with van der Waals surface area (Å²) in [5, 5.41) is 2.77. The number of likely N-dealkylation sites (tertiary alicyclic amines) is 1. The van der Waals surface area contributed by atoms with Crippen molar-refractivity contribution in [2.24, 2.45) is 0 Å². The third-order valence-electron chi connectivity index (χ3n) is 3.43. The molecule has 21 heavy (non-hydrogen) atoms. The number of carbonyl (C=O) groups is 1. The van der Waals surface area contributed by atoms with Crippen LogP contribution in [0.15, 0.2) is 24.3 Å². The van der Waals surface area contributed by atoms with E-state index in [0.29, 0.717) is 12.2 Å². The average molecular weight is 298 g/mol. The topological polar surface area (TPSA) is 41.6 Å². The maximum absolute atomic E-state index is 12.0. The van der Waals surface area contributed by atoms with Crippen molar-refractivity contribution in [3.8, 4) is 5.75 Å². The Morgan fingerprint density at radius 3 is 2.33 bits per heavy atom. The van der Waals surface area contributed by atoms with E-state index in [9.17, 15) is 13.6 Å². The summed E-state index contributed by atoms with van der Waals surface area (Å²) in [5.74, 6) is -0.00468. The Labute approximate surface area is 123 Å². The van der Waals surface area contributed by atoms with E-state index < -0.39 is 6.61 Å². The molecular formula is C15H20F2N2O2. The van der Waals surface area contributed by atoms with E-state index in [1.54, 1.807) is 12.1 Å². The number of hydrogen-bond donors (Lipinski definition) is 1. The minimum atomic E-state index is -2.84. The standard InChI is InChI=1S/C15H20F2N2O2/c16-15(17)21-13-7-5-12(6-8-13)18-14(20)11-19-9-3-1-2-4-10-19/h5-8,15H,1-4,9-11H2,(H,18,20). The number of amides is 1. The molecule has 1 heterocycles. The number of hydrogen-bond acceptors (Lipinski definition) is 3. The molecule has 116 valence electrons. The first-order valence-corrected chi connectivity index (χ1v) is 7.20. The molecular weight excluding hydrogens is 278 g/mol. The largest absolute Gasteiger partial charge is 0.435 e. The minimum Gasteiger partial charge on any atom is -0.435 e. The number of anilines is 1. The maximum Gasteiger partial charge on any atom is 0.387 e. The first kappa shape index (κ1) is 15.7. The lowest BCUT2D eigenvalue weighted by molar-refractivity contribution is -0.117. The predicted octanol–water partition coefficient (Wildman–Crippen LogP) is 3.10. The maximum atomic E-state index is 12.0. The summed E-state index contributed by atoms with van der Waals surface area (Å²) in [4.78, 5) is 14.1. The molecule has 2 rings (SSSR count). The Balaban J connectivity index is 1.81. The van der Waals surface area contributed by atoms with Crippen molar-refractivity contribution in [1.82, 2.24) is 4.90 Å². The molecule has 0 spiro atoms. The van der Waals surface area contributed by atoms with E-state index >= 15 is 0 Å². The smallest absolute Gasteiger partial charge is 0.387 e. The lowest BCUT2D eigenvalue weighted by Crippen LogP contribution is -2.33. The second kappa shape index (κ2) is 7.93. The zero-order chi connectivity index (χ0) is 15.1. The minimum absolute atomic E-state index is 0.0792. The fourth-order valence-electron chi connectivity index (χ4n) is 2.42. The first-order valence-electron chi connectivity index (χ1n) is 7.20. The van der Waals surface area contributed by atoms with Gasteiger partial charge in [-0.15, -0.1) is 0 Å². The molecule has 0 aromatic heterocycles. The molecule has 1 amide bonds. The molecule has 0 unspecified atom stereocenters. The van der Waals surface area contributed by atoms with E-state index in [0.717, 1.165) is 25.9 Å². The van der Waals surface area contributed by atoms with E-state index in [2.05, 4.69) is 15.0 Å². The summed E-state index contributed by atoms with van der Waals surface area (Å²) in [6.45, 7) is -0.563. The number of carbonyl (C=O) groups excluding carboxylic acids is 1. The lowest BCUT2D eigenvalue weighted by Gasteiger charge is -2.19. The molecule has 0 aliphatic carbocycles. The molecule has 6 heteroatoms. The molecule has 4 nitrogen and oxygen atoms in total. The van der Waals surface area contributed by atoms with Crippen LogP contribution in [0.25, 0.3) is 0 Å². The van der Waals surface area contributed by atoms with Crippen molar-refractivity contribution >= 4 is 11.6 Å². The van der Waals surface area contributed by atoms with Gasteiger partial charge in [0, 0.05) is 5.69 Å². The number of nitrogens with zero attached hydrogens (tertiary/aromatic N) is 1. The van der Waals surface area contributed by atoms with Crippen LogP contribution in [0.1, 0.15) is 25.7 Å². The Hall–Kier alpha value is -1.69. The van der Waals surface area contributed by atoms with Crippen LogP contribution < -0.4 is 10.1 Å². The number of nitrogens with one attached hydrogen (secondary N) is 1.